The van der Waals surface area contributed by atoms with Crippen molar-refractivity contribution in [3.8, 4) is 0 Å². The number of carbonyl (C=O) groups is 2. The highest BCUT2D eigenvalue weighted by atomic mass is 16.1. The van der Waals surface area contributed by atoms with Crippen molar-refractivity contribution in [2.24, 2.45) is 35.0 Å². The molecule has 1 unspecified atom stereocenters. The maximum atomic E-state index is 11.9. The molecule has 3 saturated carbocycles. The van der Waals surface area contributed by atoms with Crippen LogP contribution in [0.5, 0.6) is 0 Å². The lowest BCUT2D eigenvalue weighted by Crippen LogP contribution is -2.47. The fourth-order valence-corrected chi connectivity index (χ4v) is 6.72. The van der Waals surface area contributed by atoms with Gasteiger partial charge in [0.1, 0.15) is 5.78 Å². The molecule has 0 aliphatic heterocycles. The van der Waals surface area contributed by atoms with E-state index in [1.54, 1.807) is 6.92 Å². The average Bonchev–Trinajstić information content (AvgIpc) is 2.92. The second kappa shape index (κ2) is 5.04. The molecule has 0 aromatic carbocycles. The highest BCUT2D eigenvalue weighted by molar-refractivity contribution is 5.91. The topological polar surface area (TPSA) is 34.1 Å². The van der Waals surface area contributed by atoms with E-state index in [0.717, 1.165) is 43.4 Å². The molecule has 120 valence electrons. The summed E-state index contributed by atoms with van der Waals surface area (Å²) in [7, 11) is 0. The van der Waals surface area contributed by atoms with Crippen LogP contribution < -0.4 is 0 Å². The number of carbonyl (C=O) groups excluding carboxylic acids is 2. The van der Waals surface area contributed by atoms with Gasteiger partial charge < -0.3 is 0 Å². The van der Waals surface area contributed by atoms with E-state index in [0.29, 0.717) is 23.4 Å². The van der Waals surface area contributed by atoms with Crippen molar-refractivity contribution in [2.75, 3.05) is 0 Å². The monoisotopic (exact) mass is 300 g/mol. The molecule has 4 aliphatic carbocycles. The van der Waals surface area contributed by atoms with Gasteiger partial charge in [-0.25, -0.2) is 0 Å². The zero-order valence-electron chi connectivity index (χ0n) is 13.9. The van der Waals surface area contributed by atoms with Crippen LogP contribution in [-0.4, -0.2) is 11.6 Å². The maximum absolute atomic E-state index is 11.9. The highest BCUT2D eigenvalue weighted by Crippen LogP contribution is 2.62. The molecule has 0 spiro atoms. The SMILES string of the molecule is CC(=O)[C@H]1CC[C@@H]2C1CC[C@H]1[C@H]2CCC2=CC(=O)CC[C@@]21C. The summed E-state index contributed by atoms with van der Waals surface area (Å²) in [6, 6.07) is 0. The first-order chi connectivity index (χ1) is 10.5. The minimum absolute atomic E-state index is 0.274. The van der Waals surface area contributed by atoms with Gasteiger partial charge in [0.25, 0.3) is 0 Å². The van der Waals surface area contributed by atoms with Crippen LogP contribution in [0.4, 0.5) is 0 Å². The predicted molar refractivity (Wildman–Crippen MR) is 86.3 cm³/mol. The molecule has 22 heavy (non-hydrogen) atoms. The predicted octanol–water partition coefficient (Wildman–Crippen LogP) is 4.33. The van der Waals surface area contributed by atoms with Crippen molar-refractivity contribution in [2.45, 2.75) is 65.2 Å². The molecule has 0 saturated heterocycles. The number of allylic oxidation sites excluding steroid dienone is 1. The molecule has 0 aromatic heterocycles. The minimum Gasteiger partial charge on any atom is -0.300 e. The number of fused-ring (bicyclic) bond motifs is 5. The Hall–Kier alpha value is -0.920. The third-order valence-corrected chi connectivity index (χ3v) is 7.80. The lowest BCUT2D eigenvalue weighted by atomic mass is 9.49. The van der Waals surface area contributed by atoms with Crippen LogP contribution in [0.1, 0.15) is 65.2 Å². The van der Waals surface area contributed by atoms with E-state index < -0.39 is 0 Å². The van der Waals surface area contributed by atoms with E-state index in [9.17, 15) is 9.59 Å². The van der Waals surface area contributed by atoms with Crippen molar-refractivity contribution in [1.82, 2.24) is 0 Å². The summed E-state index contributed by atoms with van der Waals surface area (Å²) < 4.78 is 0. The molecule has 0 bridgehead atoms. The number of hydrogen-bond acceptors (Lipinski definition) is 2. The van der Waals surface area contributed by atoms with Crippen LogP contribution in [0.2, 0.25) is 0 Å². The van der Waals surface area contributed by atoms with Gasteiger partial charge in [-0.15, -0.1) is 0 Å². The molecule has 0 amide bonds. The van der Waals surface area contributed by atoms with E-state index >= 15 is 0 Å². The number of ketones is 2. The summed E-state index contributed by atoms with van der Waals surface area (Å²) in [4.78, 5) is 23.7. The van der Waals surface area contributed by atoms with Crippen molar-refractivity contribution in [3.63, 3.8) is 0 Å². The highest BCUT2D eigenvalue weighted by Gasteiger charge is 2.54. The average molecular weight is 300 g/mol. The molecular formula is C20H28O2. The van der Waals surface area contributed by atoms with Crippen LogP contribution in [0, 0.1) is 35.0 Å². The van der Waals surface area contributed by atoms with Gasteiger partial charge in [0.2, 0.25) is 0 Å². The van der Waals surface area contributed by atoms with Gasteiger partial charge in [-0.05, 0) is 87.0 Å². The zero-order valence-corrected chi connectivity index (χ0v) is 13.9. The molecule has 3 fully saturated rings. The Kier molecular flexibility index (Phi) is 3.36. The summed E-state index contributed by atoms with van der Waals surface area (Å²) in [5, 5.41) is 0. The van der Waals surface area contributed by atoms with Gasteiger partial charge in [-0.1, -0.05) is 12.5 Å². The zero-order chi connectivity index (χ0) is 15.5. The van der Waals surface area contributed by atoms with Gasteiger partial charge in [0.05, 0.1) is 0 Å². The Bertz CT molecular complexity index is 546. The molecular weight excluding hydrogens is 272 g/mol. The molecule has 0 radical (unpaired) electrons. The molecule has 2 heteroatoms. The van der Waals surface area contributed by atoms with Crippen molar-refractivity contribution >= 4 is 11.6 Å². The number of Topliss-reactive ketones (excluding diaryl/α,β-unsaturated/α-hetero) is 1. The first kappa shape index (κ1) is 14.7. The van der Waals surface area contributed by atoms with E-state index in [2.05, 4.69) is 6.92 Å². The Balaban J connectivity index is 1.63. The normalized spacial score (nSPS) is 47.3. The van der Waals surface area contributed by atoms with Gasteiger partial charge in [-0.3, -0.25) is 9.59 Å². The molecule has 4 aliphatic rings. The van der Waals surface area contributed by atoms with Gasteiger partial charge >= 0.3 is 0 Å². The van der Waals surface area contributed by atoms with E-state index in [-0.39, 0.29) is 5.41 Å². The number of hydrogen-bond donors (Lipinski definition) is 0. The lowest BCUT2D eigenvalue weighted by Gasteiger charge is -2.55. The van der Waals surface area contributed by atoms with Crippen LogP contribution >= 0.6 is 0 Å². The molecule has 6 atom stereocenters. The smallest absolute Gasteiger partial charge is 0.155 e. The van der Waals surface area contributed by atoms with Crippen molar-refractivity contribution in [1.29, 1.82) is 0 Å². The summed E-state index contributed by atoms with van der Waals surface area (Å²) in [6.45, 7) is 4.23. The standard InChI is InChI=1S/C20H28O2/c1-12(21)15-5-6-17-16(15)7-8-19-18(17)4-3-13-11-14(22)9-10-20(13,19)2/h11,15-19H,3-10H2,1-2H3/t15-,16?,17-,18+,19+,20+/m1/s1. The van der Waals surface area contributed by atoms with Crippen LogP contribution in [0.3, 0.4) is 0 Å². The van der Waals surface area contributed by atoms with Gasteiger partial charge in [-0.2, -0.15) is 0 Å². The number of rotatable bonds is 1. The fourth-order valence-electron chi connectivity index (χ4n) is 6.72. The van der Waals surface area contributed by atoms with E-state index in [4.69, 9.17) is 0 Å². The first-order valence-corrected chi connectivity index (χ1v) is 9.25. The quantitative estimate of drug-likeness (QED) is 0.722. The Morgan fingerprint density at radius 1 is 1.05 bits per heavy atom. The second-order valence-electron chi connectivity index (χ2n) is 8.56. The maximum Gasteiger partial charge on any atom is 0.155 e. The summed E-state index contributed by atoms with van der Waals surface area (Å²) >= 11 is 0. The van der Waals surface area contributed by atoms with Crippen LogP contribution in [-0.2, 0) is 9.59 Å². The largest absolute Gasteiger partial charge is 0.300 e. The molecule has 0 N–H and O–H groups in total. The van der Waals surface area contributed by atoms with E-state index in [1.165, 1.54) is 31.3 Å². The summed E-state index contributed by atoms with van der Waals surface area (Å²) in [6.07, 6.45) is 11.1. The van der Waals surface area contributed by atoms with Crippen molar-refractivity contribution in [3.05, 3.63) is 11.6 Å². The lowest BCUT2D eigenvalue weighted by molar-refractivity contribution is -0.123. The summed E-state index contributed by atoms with van der Waals surface area (Å²) in [5.74, 6) is 4.13. The van der Waals surface area contributed by atoms with Crippen LogP contribution in [0.25, 0.3) is 0 Å². The minimum atomic E-state index is 0.274. The van der Waals surface area contributed by atoms with Gasteiger partial charge in [0, 0.05) is 12.3 Å². The third kappa shape index (κ3) is 1.98. The molecule has 4 rings (SSSR count). The van der Waals surface area contributed by atoms with Crippen molar-refractivity contribution < 1.29 is 9.59 Å². The molecule has 2 nitrogen and oxygen atoms in total. The Morgan fingerprint density at radius 3 is 2.59 bits per heavy atom. The third-order valence-electron chi connectivity index (χ3n) is 7.80. The Labute approximate surface area is 133 Å². The second-order valence-corrected chi connectivity index (χ2v) is 8.56. The van der Waals surface area contributed by atoms with Crippen LogP contribution in [0.15, 0.2) is 11.6 Å². The first-order valence-electron chi connectivity index (χ1n) is 9.25. The summed E-state index contributed by atoms with van der Waals surface area (Å²) in [5.41, 5.74) is 1.72. The van der Waals surface area contributed by atoms with E-state index in [1.807, 2.05) is 6.08 Å². The molecule has 0 heterocycles. The molecule has 0 aromatic rings. The fraction of sp³-hybridized carbons (Fsp3) is 0.800. The Morgan fingerprint density at radius 2 is 1.82 bits per heavy atom. The van der Waals surface area contributed by atoms with Gasteiger partial charge in [0.15, 0.2) is 5.78 Å².